The SMILES string of the molecule is CCOc1ccc(CNC(=O)C(C)c2c(C)n[nH]c2C)cc1. The maximum Gasteiger partial charge on any atom is 0.227 e. The van der Waals surface area contributed by atoms with Crippen molar-refractivity contribution >= 4 is 5.91 Å². The Hall–Kier alpha value is -2.30. The monoisotopic (exact) mass is 301 g/mol. The minimum absolute atomic E-state index is 0.00137. The van der Waals surface area contributed by atoms with E-state index in [9.17, 15) is 4.79 Å². The van der Waals surface area contributed by atoms with E-state index < -0.39 is 0 Å². The molecule has 1 unspecified atom stereocenters. The van der Waals surface area contributed by atoms with Crippen LogP contribution < -0.4 is 10.1 Å². The Balaban J connectivity index is 1.95. The number of hydrogen-bond donors (Lipinski definition) is 2. The van der Waals surface area contributed by atoms with Crippen LogP contribution in [0.1, 0.15) is 42.3 Å². The fraction of sp³-hybridized carbons (Fsp3) is 0.412. The summed E-state index contributed by atoms with van der Waals surface area (Å²) in [4.78, 5) is 12.3. The molecule has 2 rings (SSSR count). The molecule has 1 aromatic heterocycles. The number of amides is 1. The van der Waals surface area contributed by atoms with Crippen LogP contribution in [0, 0.1) is 13.8 Å². The number of aromatic amines is 1. The first-order chi connectivity index (χ1) is 10.5. The standard InChI is InChI=1S/C17H23N3O2/c1-5-22-15-8-6-14(7-9-15)10-18-17(21)11(2)16-12(3)19-20-13(16)4/h6-9,11H,5,10H2,1-4H3,(H,18,21)(H,19,20). The molecule has 1 aromatic carbocycles. The van der Waals surface area contributed by atoms with Crippen molar-refractivity contribution in [1.29, 1.82) is 0 Å². The molecule has 0 spiro atoms. The van der Waals surface area contributed by atoms with Crippen LogP contribution in [0.3, 0.4) is 0 Å². The van der Waals surface area contributed by atoms with Gasteiger partial charge in [-0.15, -0.1) is 0 Å². The largest absolute Gasteiger partial charge is 0.494 e. The van der Waals surface area contributed by atoms with Crippen LogP contribution in [0.4, 0.5) is 0 Å². The van der Waals surface area contributed by atoms with Gasteiger partial charge in [-0.1, -0.05) is 12.1 Å². The van der Waals surface area contributed by atoms with Gasteiger partial charge >= 0.3 is 0 Å². The summed E-state index contributed by atoms with van der Waals surface area (Å²) in [6.07, 6.45) is 0. The van der Waals surface area contributed by atoms with E-state index in [2.05, 4.69) is 15.5 Å². The summed E-state index contributed by atoms with van der Waals surface area (Å²) >= 11 is 0. The van der Waals surface area contributed by atoms with Gasteiger partial charge in [0.25, 0.3) is 0 Å². The van der Waals surface area contributed by atoms with E-state index in [4.69, 9.17) is 4.74 Å². The maximum absolute atomic E-state index is 12.3. The van der Waals surface area contributed by atoms with Crippen molar-refractivity contribution in [3.63, 3.8) is 0 Å². The van der Waals surface area contributed by atoms with Crippen molar-refractivity contribution in [2.75, 3.05) is 6.61 Å². The third kappa shape index (κ3) is 3.67. The van der Waals surface area contributed by atoms with Crippen molar-refractivity contribution in [2.24, 2.45) is 0 Å². The fourth-order valence-electron chi connectivity index (χ4n) is 2.54. The molecule has 118 valence electrons. The predicted octanol–water partition coefficient (Wildman–Crippen LogP) is 2.85. The van der Waals surface area contributed by atoms with Gasteiger partial charge in [-0.25, -0.2) is 0 Å². The highest BCUT2D eigenvalue weighted by molar-refractivity contribution is 5.83. The van der Waals surface area contributed by atoms with Crippen molar-refractivity contribution < 1.29 is 9.53 Å². The van der Waals surface area contributed by atoms with Crippen LogP contribution in [0.2, 0.25) is 0 Å². The van der Waals surface area contributed by atoms with Gasteiger partial charge in [-0.05, 0) is 45.4 Å². The van der Waals surface area contributed by atoms with Crippen molar-refractivity contribution in [2.45, 2.75) is 40.2 Å². The molecule has 0 aliphatic rings. The Morgan fingerprint density at radius 3 is 2.55 bits per heavy atom. The van der Waals surface area contributed by atoms with Gasteiger partial charge in [0.05, 0.1) is 18.2 Å². The molecular weight excluding hydrogens is 278 g/mol. The fourth-order valence-corrected chi connectivity index (χ4v) is 2.54. The molecule has 1 atom stereocenters. The quantitative estimate of drug-likeness (QED) is 0.862. The number of benzene rings is 1. The molecule has 2 aromatic rings. The summed E-state index contributed by atoms with van der Waals surface area (Å²) in [6, 6.07) is 7.76. The zero-order chi connectivity index (χ0) is 16.1. The lowest BCUT2D eigenvalue weighted by molar-refractivity contribution is -0.122. The number of carbonyl (C=O) groups excluding carboxylic acids is 1. The average Bonchev–Trinajstić information content (AvgIpc) is 2.85. The van der Waals surface area contributed by atoms with E-state index in [1.807, 2.05) is 52.0 Å². The number of aromatic nitrogens is 2. The van der Waals surface area contributed by atoms with Crippen molar-refractivity contribution in [3.05, 3.63) is 46.8 Å². The van der Waals surface area contributed by atoms with Crippen LogP contribution in [0.25, 0.3) is 0 Å². The number of rotatable bonds is 6. The Labute approximate surface area is 131 Å². The van der Waals surface area contributed by atoms with Gasteiger partial charge in [-0.3, -0.25) is 9.89 Å². The number of nitrogens with one attached hydrogen (secondary N) is 2. The Bertz CT molecular complexity index is 612. The molecule has 0 aliphatic heterocycles. The number of aryl methyl sites for hydroxylation is 2. The van der Waals surface area contributed by atoms with Crippen LogP contribution >= 0.6 is 0 Å². The lowest BCUT2D eigenvalue weighted by Gasteiger charge is -2.13. The second-order valence-electron chi connectivity index (χ2n) is 5.36. The first kappa shape index (κ1) is 16.1. The number of H-pyrrole nitrogens is 1. The zero-order valence-electron chi connectivity index (χ0n) is 13.6. The highest BCUT2D eigenvalue weighted by Gasteiger charge is 2.20. The van der Waals surface area contributed by atoms with Gasteiger partial charge in [0.15, 0.2) is 0 Å². The first-order valence-corrected chi connectivity index (χ1v) is 7.53. The van der Waals surface area contributed by atoms with Gasteiger partial charge in [0, 0.05) is 17.8 Å². The molecule has 5 nitrogen and oxygen atoms in total. The molecule has 5 heteroatoms. The third-order valence-electron chi connectivity index (χ3n) is 3.71. The minimum Gasteiger partial charge on any atom is -0.494 e. The summed E-state index contributed by atoms with van der Waals surface area (Å²) < 4.78 is 5.40. The third-order valence-corrected chi connectivity index (χ3v) is 3.71. The van der Waals surface area contributed by atoms with Gasteiger partial charge in [-0.2, -0.15) is 5.10 Å². The van der Waals surface area contributed by atoms with Gasteiger partial charge in [0.1, 0.15) is 5.75 Å². The van der Waals surface area contributed by atoms with Crippen molar-refractivity contribution in [3.8, 4) is 5.75 Å². The lowest BCUT2D eigenvalue weighted by atomic mass is 9.98. The van der Waals surface area contributed by atoms with E-state index >= 15 is 0 Å². The van der Waals surface area contributed by atoms with Crippen LogP contribution in [0.5, 0.6) is 5.75 Å². The molecule has 0 radical (unpaired) electrons. The Morgan fingerprint density at radius 2 is 2.00 bits per heavy atom. The van der Waals surface area contributed by atoms with E-state index in [0.29, 0.717) is 13.2 Å². The molecule has 0 aliphatic carbocycles. The molecule has 1 heterocycles. The molecule has 1 amide bonds. The first-order valence-electron chi connectivity index (χ1n) is 7.53. The molecule has 0 bridgehead atoms. The number of nitrogens with zero attached hydrogens (tertiary/aromatic N) is 1. The molecule has 0 saturated carbocycles. The van der Waals surface area contributed by atoms with Crippen LogP contribution in [-0.4, -0.2) is 22.7 Å². The number of ether oxygens (including phenoxy) is 1. The second kappa shape index (κ2) is 7.11. The average molecular weight is 301 g/mol. The number of carbonyl (C=O) groups is 1. The summed E-state index contributed by atoms with van der Waals surface area (Å²) in [5, 5.41) is 10.0. The van der Waals surface area contributed by atoms with E-state index in [1.165, 1.54) is 0 Å². The highest BCUT2D eigenvalue weighted by atomic mass is 16.5. The smallest absolute Gasteiger partial charge is 0.227 e. The Kier molecular flexibility index (Phi) is 5.20. The topological polar surface area (TPSA) is 67.0 Å². The molecule has 22 heavy (non-hydrogen) atoms. The van der Waals surface area contributed by atoms with Gasteiger partial charge in [0.2, 0.25) is 5.91 Å². The van der Waals surface area contributed by atoms with E-state index in [-0.39, 0.29) is 11.8 Å². The Morgan fingerprint density at radius 1 is 1.32 bits per heavy atom. The minimum atomic E-state index is -0.221. The predicted molar refractivity (Wildman–Crippen MR) is 85.9 cm³/mol. The zero-order valence-corrected chi connectivity index (χ0v) is 13.6. The summed E-state index contributed by atoms with van der Waals surface area (Å²) in [6.45, 7) is 8.86. The van der Waals surface area contributed by atoms with E-state index in [0.717, 1.165) is 28.3 Å². The molecule has 0 saturated heterocycles. The molecule has 2 N–H and O–H groups in total. The van der Waals surface area contributed by atoms with Crippen LogP contribution in [0.15, 0.2) is 24.3 Å². The maximum atomic E-state index is 12.3. The summed E-state index contributed by atoms with van der Waals surface area (Å²) in [7, 11) is 0. The van der Waals surface area contributed by atoms with E-state index in [1.54, 1.807) is 0 Å². The van der Waals surface area contributed by atoms with Crippen molar-refractivity contribution in [1.82, 2.24) is 15.5 Å². The van der Waals surface area contributed by atoms with Crippen LogP contribution in [-0.2, 0) is 11.3 Å². The molecular formula is C17H23N3O2. The second-order valence-corrected chi connectivity index (χ2v) is 5.36. The summed E-state index contributed by atoms with van der Waals surface area (Å²) in [5.74, 6) is 0.624. The number of hydrogen-bond acceptors (Lipinski definition) is 3. The highest BCUT2D eigenvalue weighted by Crippen LogP contribution is 2.21. The molecule has 0 fully saturated rings. The summed E-state index contributed by atoms with van der Waals surface area (Å²) in [5.41, 5.74) is 3.84. The van der Waals surface area contributed by atoms with Gasteiger partial charge < -0.3 is 10.1 Å². The normalized spacial score (nSPS) is 12.0. The lowest BCUT2D eigenvalue weighted by Crippen LogP contribution is -2.28.